The van der Waals surface area contributed by atoms with E-state index in [0.717, 1.165) is 31.7 Å². The van der Waals surface area contributed by atoms with E-state index in [1.807, 2.05) is 25.1 Å². The fraction of sp³-hybridized carbons (Fsp3) is 0.632. The minimum atomic E-state index is -0.484. The summed E-state index contributed by atoms with van der Waals surface area (Å²) in [5.74, 6) is 1.16. The summed E-state index contributed by atoms with van der Waals surface area (Å²) in [6, 6.07) is 7.98. The Morgan fingerprint density at radius 1 is 1.30 bits per heavy atom. The lowest BCUT2D eigenvalue weighted by Gasteiger charge is -2.34. The normalized spacial score (nSPS) is 18.5. The number of amides is 1. The van der Waals surface area contributed by atoms with Gasteiger partial charge in [-0.3, -0.25) is 4.79 Å². The number of hydrogen-bond acceptors (Lipinski definition) is 3. The number of carbonyl (C=O) groups is 1. The molecule has 4 heteroatoms. The number of carbonyl (C=O) groups excluding carboxylic acids is 1. The van der Waals surface area contributed by atoms with Gasteiger partial charge in [0, 0.05) is 6.54 Å². The molecule has 23 heavy (non-hydrogen) atoms. The van der Waals surface area contributed by atoms with Gasteiger partial charge in [-0.25, -0.2) is 0 Å². The zero-order chi connectivity index (χ0) is 16.9. The molecule has 1 heterocycles. The highest BCUT2D eigenvalue weighted by atomic mass is 16.5. The first-order chi connectivity index (χ1) is 10.9. The fourth-order valence-corrected chi connectivity index (χ4v) is 2.86. The van der Waals surface area contributed by atoms with Crippen LogP contribution in [0.1, 0.15) is 52.0 Å². The molecule has 0 spiro atoms. The Balaban J connectivity index is 1.86. The maximum atomic E-state index is 12.3. The summed E-state index contributed by atoms with van der Waals surface area (Å²) in [6.45, 7) is 11.1. The molecule has 128 valence electrons. The van der Waals surface area contributed by atoms with E-state index in [4.69, 9.17) is 4.74 Å². The minimum absolute atomic E-state index is 0.0419. The van der Waals surface area contributed by atoms with Crippen molar-refractivity contribution in [2.24, 2.45) is 5.41 Å². The number of hydrogen-bond donors (Lipinski definition) is 2. The van der Waals surface area contributed by atoms with Gasteiger partial charge in [-0.1, -0.05) is 32.9 Å². The van der Waals surface area contributed by atoms with Crippen molar-refractivity contribution in [3.8, 4) is 5.75 Å². The lowest BCUT2D eigenvalue weighted by atomic mass is 9.81. The summed E-state index contributed by atoms with van der Waals surface area (Å²) in [5.41, 5.74) is 1.41. The summed E-state index contributed by atoms with van der Waals surface area (Å²) in [7, 11) is 0. The van der Waals surface area contributed by atoms with E-state index >= 15 is 0 Å². The average molecular weight is 318 g/mol. The van der Waals surface area contributed by atoms with Crippen LogP contribution in [0.5, 0.6) is 5.75 Å². The van der Waals surface area contributed by atoms with E-state index in [1.165, 1.54) is 5.56 Å². The predicted molar refractivity (Wildman–Crippen MR) is 93.8 cm³/mol. The minimum Gasteiger partial charge on any atom is -0.481 e. The molecule has 2 rings (SSSR count). The van der Waals surface area contributed by atoms with Gasteiger partial charge in [0.05, 0.1) is 0 Å². The average Bonchev–Trinajstić information content (AvgIpc) is 2.53. The monoisotopic (exact) mass is 318 g/mol. The fourth-order valence-electron chi connectivity index (χ4n) is 2.86. The maximum Gasteiger partial charge on any atom is 0.260 e. The number of piperidine rings is 1. The maximum absolute atomic E-state index is 12.3. The molecule has 0 aromatic heterocycles. The number of benzene rings is 1. The molecular formula is C19H30N2O2. The van der Waals surface area contributed by atoms with Crippen LogP contribution in [0, 0.1) is 5.41 Å². The molecular weight excluding hydrogens is 288 g/mol. The van der Waals surface area contributed by atoms with E-state index in [0.29, 0.717) is 12.5 Å². The highest BCUT2D eigenvalue weighted by Gasteiger charge is 2.28. The third kappa shape index (κ3) is 5.24. The van der Waals surface area contributed by atoms with Gasteiger partial charge in [-0.05, 0) is 61.9 Å². The van der Waals surface area contributed by atoms with Gasteiger partial charge >= 0.3 is 0 Å². The Hall–Kier alpha value is -1.55. The first-order valence-corrected chi connectivity index (χ1v) is 8.65. The third-order valence-corrected chi connectivity index (χ3v) is 4.71. The highest BCUT2D eigenvalue weighted by Crippen LogP contribution is 2.26. The van der Waals surface area contributed by atoms with Crippen LogP contribution in [0.25, 0.3) is 0 Å². The van der Waals surface area contributed by atoms with Crippen molar-refractivity contribution in [2.75, 3.05) is 19.6 Å². The number of nitrogens with one attached hydrogen (secondary N) is 2. The summed E-state index contributed by atoms with van der Waals surface area (Å²) < 4.78 is 5.82. The summed E-state index contributed by atoms with van der Waals surface area (Å²) >= 11 is 0. The van der Waals surface area contributed by atoms with Gasteiger partial charge in [-0.2, -0.15) is 0 Å². The lowest BCUT2D eigenvalue weighted by molar-refractivity contribution is -0.127. The van der Waals surface area contributed by atoms with Crippen LogP contribution in [-0.2, 0) is 4.79 Å². The molecule has 1 aromatic carbocycles. The molecule has 1 atom stereocenters. The summed E-state index contributed by atoms with van der Waals surface area (Å²) in [4.78, 5) is 12.3. The Morgan fingerprint density at radius 2 is 2.00 bits per heavy atom. The van der Waals surface area contributed by atoms with Crippen molar-refractivity contribution < 1.29 is 9.53 Å². The van der Waals surface area contributed by atoms with Gasteiger partial charge in [0.2, 0.25) is 0 Å². The predicted octanol–water partition coefficient (Wildman–Crippen LogP) is 3.08. The Bertz CT molecular complexity index is 522. The molecule has 1 unspecified atom stereocenters. The SMILES string of the molecule is CC(Oc1cccc(C(C)C)c1)C(=O)NCC1(C)CCNCC1. The second-order valence-electron chi connectivity index (χ2n) is 7.27. The molecule has 0 aliphatic carbocycles. The first kappa shape index (κ1) is 17.8. The van der Waals surface area contributed by atoms with Gasteiger partial charge in [0.15, 0.2) is 6.10 Å². The molecule has 1 aliphatic rings. The van der Waals surface area contributed by atoms with E-state index in [-0.39, 0.29) is 11.3 Å². The Morgan fingerprint density at radius 3 is 2.65 bits per heavy atom. The second-order valence-corrected chi connectivity index (χ2v) is 7.27. The van der Waals surface area contributed by atoms with Crippen molar-refractivity contribution >= 4 is 5.91 Å². The zero-order valence-electron chi connectivity index (χ0n) is 14.8. The van der Waals surface area contributed by atoms with E-state index in [2.05, 4.69) is 37.5 Å². The van der Waals surface area contributed by atoms with Gasteiger partial charge in [0.25, 0.3) is 5.91 Å². The molecule has 4 nitrogen and oxygen atoms in total. The van der Waals surface area contributed by atoms with Crippen LogP contribution in [-0.4, -0.2) is 31.6 Å². The third-order valence-electron chi connectivity index (χ3n) is 4.71. The molecule has 1 amide bonds. The second kappa shape index (κ2) is 7.82. The molecule has 2 N–H and O–H groups in total. The van der Waals surface area contributed by atoms with Crippen molar-refractivity contribution in [3.63, 3.8) is 0 Å². The summed E-state index contributed by atoms with van der Waals surface area (Å²) in [5, 5.41) is 6.42. The molecule has 1 aliphatic heterocycles. The molecule has 1 saturated heterocycles. The zero-order valence-corrected chi connectivity index (χ0v) is 14.8. The van der Waals surface area contributed by atoms with E-state index in [9.17, 15) is 4.79 Å². The highest BCUT2D eigenvalue weighted by molar-refractivity contribution is 5.80. The smallest absolute Gasteiger partial charge is 0.260 e. The van der Waals surface area contributed by atoms with Crippen LogP contribution < -0.4 is 15.4 Å². The van der Waals surface area contributed by atoms with Gasteiger partial charge in [-0.15, -0.1) is 0 Å². The molecule has 0 bridgehead atoms. The standard InChI is InChI=1S/C19H30N2O2/c1-14(2)16-6-5-7-17(12-16)23-15(3)18(22)21-13-19(4)8-10-20-11-9-19/h5-7,12,14-15,20H,8-11,13H2,1-4H3,(H,21,22). The topological polar surface area (TPSA) is 50.4 Å². The van der Waals surface area contributed by atoms with Gasteiger partial charge < -0.3 is 15.4 Å². The first-order valence-electron chi connectivity index (χ1n) is 8.65. The van der Waals surface area contributed by atoms with Crippen molar-refractivity contribution in [1.29, 1.82) is 0 Å². The molecule has 0 radical (unpaired) electrons. The Labute approximate surface area is 140 Å². The largest absolute Gasteiger partial charge is 0.481 e. The van der Waals surface area contributed by atoms with Crippen molar-refractivity contribution in [2.45, 2.75) is 52.6 Å². The molecule has 0 saturated carbocycles. The Kier molecular flexibility index (Phi) is 6.05. The van der Waals surface area contributed by atoms with E-state index < -0.39 is 6.10 Å². The summed E-state index contributed by atoms with van der Waals surface area (Å²) in [6.07, 6.45) is 1.71. The van der Waals surface area contributed by atoms with Crippen LogP contribution in [0.3, 0.4) is 0 Å². The van der Waals surface area contributed by atoms with Crippen LogP contribution in [0.2, 0.25) is 0 Å². The number of ether oxygens (including phenoxy) is 1. The molecule has 1 aromatic rings. The number of rotatable bonds is 6. The van der Waals surface area contributed by atoms with Crippen molar-refractivity contribution in [3.05, 3.63) is 29.8 Å². The van der Waals surface area contributed by atoms with E-state index in [1.54, 1.807) is 0 Å². The van der Waals surface area contributed by atoms with Crippen LogP contribution in [0.15, 0.2) is 24.3 Å². The van der Waals surface area contributed by atoms with Crippen LogP contribution in [0.4, 0.5) is 0 Å². The molecule has 1 fully saturated rings. The van der Waals surface area contributed by atoms with Crippen molar-refractivity contribution in [1.82, 2.24) is 10.6 Å². The lowest BCUT2D eigenvalue weighted by Crippen LogP contribution is -2.45. The van der Waals surface area contributed by atoms with Crippen LogP contribution >= 0.6 is 0 Å². The quantitative estimate of drug-likeness (QED) is 0.847. The van der Waals surface area contributed by atoms with Gasteiger partial charge in [0.1, 0.15) is 5.75 Å².